The summed E-state index contributed by atoms with van der Waals surface area (Å²) in [4.78, 5) is 4.29. The second-order valence-corrected chi connectivity index (χ2v) is 6.00. The quantitative estimate of drug-likeness (QED) is 0.781. The van der Waals surface area contributed by atoms with Crippen LogP contribution in [-0.2, 0) is 5.75 Å². The van der Waals surface area contributed by atoms with Gasteiger partial charge in [0.05, 0.1) is 11.9 Å². The zero-order valence-corrected chi connectivity index (χ0v) is 12.1. The first-order valence-corrected chi connectivity index (χ1v) is 7.47. The Morgan fingerprint density at radius 2 is 2.00 bits per heavy atom. The normalized spacial score (nSPS) is 11.1. The van der Waals surface area contributed by atoms with Crippen molar-refractivity contribution < 1.29 is 4.42 Å². The number of benzene rings is 1. The largest absolute Gasteiger partial charge is 0.440 e. The van der Waals surface area contributed by atoms with Crippen LogP contribution in [0.4, 0.5) is 0 Å². The molecule has 0 aliphatic heterocycles. The van der Waals surface area contributed by atoms with Gasteiger partial charge in [0.25, 0.3) is 0 Å². The van der Waals surface area contributed by atoms with Crippen molar-refractivity contribution in [1.82, 2.24) is 4.98 Å². The van der Waals surface area contributed by atoms with Crippen LogP contribution < -0.4 is 0 Å². The highest BCUT2D eigenvalue weighted by Gasteiger charge is 2.06. The Morgan fingerprint density at radius 1 is 1.28 bits per heavy atom. The molecule has 2 aromatic rings. The maximum Gasteiger partial charge on any atom is 0.204 e. The first-order valence-electron chi connectivity index (χ1n) is 5.93. The zero-order valence-electron chi connectivity index (χ0n) is 10.5. The van der Waals surface area contributed by atoms with Crippen LogP contribution >= 0.6 is 23.4 Å². The molecule has 1 heterocycles. The van der Waals surface area contributed by atoms with E-state index in [0.717, 1.165) is 33.7 Å². The van der Waals surface area contributed by atoms with Gasteiger partial charge in [0.1, 0.15) is 0 Å². The fourth-order valence-corrected chi connectivity index (χ4v) is 2.53. The van der Waals surface area contributed by atoms with Crippen molar-refractivity contribution in [3.8, 4) is 11.3 Å². The molecule has 1 aromatic heterocycles. The van der Waals surface area contributed by atoms with Crippen molar-refractivity contribution >= 4 is 23.4 Å². The summed E-state index contributed by atoms with van der Waals surface area (Å²) >= 11 is 7.70. The van der Waals surface area contributed by atoms with Crippen LogP contribution in [0.5, 0.6) is 0 Å². The Morgan fingerprint density at radius 3 is 2.67 bits per heavy atom. The Balaban J connectivity index is 1.99. The number of hydrogen-bond donors (Lipinski definition) is 0. The van der Waals surface area contributed by atoms with Crippen LogP contribution in [-0.4, -0.2) is 10.7 Å². The molecule has 2 rings (SSSR count). The molecule has 0 spiro atoms. The lowest BCUT2D eigenvalue weighted by atomic mass is 10.2. The molecule has 4 heteroatoms. The third-order valence-electron chi connectivity index (χ3n) is 2.36. The summed E-state index contributed by atoms with van der Waals surface area (Å²) in [5.74, 6) is 4.22. The summed E-state index contributed by atoms with van der Waals surface area (Å²) in [6.45, 7) is 4.42. The number of thioether (sulfide) groups is 1. The average molecular weight is 282 g/mol. The average Bonchev–Trinajstić information content (AvgIpc) is 2.78. The van der Waals surface area contributed by atoms with Gasteiger partial charge in [0.15, 0.2) is 5.76 Å². The summed E-state index contributed by atoms with van der Waals surface area (Å²) in [6.07, 6.45) is 1.77. The monoisotopic (exact) mass is 281 g/mol. The summed E-state index contributed by atoms with van der Waals surface area (Å²) in [6, 6.07) is 7.58. The number of hydrogen-bond acceptors (Lipinski definition) is 3. The van der Waals surface area contributed by atoms with Gasteiger partial charge in [-0.05, 0) is 35.9 Å². The van der Waals surface area contributed by atoms with E-state index in [-0.39, 0.29) is 0 Å². The van der Waals surface area contributed by atoms with Gasteiger partial charge < -0.3 is 4.42 Å². The standard InChI is InChI=1S/C14H16ClNOS/c1-10(2)8-18-9-14-16-7-13(17-14)11-3-5-12(15)6-4-11/h3-7,10H,8-9H2,1-2H3. The SMILES string of the molecule is CC(C)CSCc1ncc(-c2ccc(Cl)cc2)o1. The number of halogens is 1. The molecule has 0 saturated heterocycles. The first-order chi connectivity index (χ1) is 8.65. The van der Waals surface area contributed by atoms with E-state index in [2.05, 4.69) is 18.8 Å². The predicted octanol–water partition coefficient (Wildman–Crippen LogP) is 4.88. The predicted molar refractivity (Wildman–Crippen MR) is 77.9 cm³/mol. The molecule has 0 N–H and O–H groups in total. The molecule has 2 nitrogen and oxygen atoms in total. The molecule has 0 radical (unpaired) electrons. The van der Waals surface area contributed by atoms with Crippen molar-refractivity contribution in [2.24, 2.45) is 5.92 Å². The molecule has 18 heavy (non-hydrogen) atoms. The van der Waals surface area contributed by atoms with Crippen LogP contribution in [0.2, 0.25) is 5.02 Å². The lowest BCUT2D eigenvalue weighted by Crippen LogP contribution is -1.91. The molecule has 0 aliphatic carbocycles. The first kappa shape index (κ1) is 13.5. The minimum Gasteiger partial charge on any atom is -0.440 e. The maximum absolute atomic E-state index is 5.85. The van der Waals surface area contributed by atoms with E-state index in [1.54, 1.807) is 6.20 Å². The van der Waals surface area contributed by atoms with E-state index in [4.69, 9.17) is 16.0 Å². The van der Waals surface area contributed by atoms with Gasteiger partial charge in [0, 0.05) is 10.6 Å². The summed E-state index contributed by atoms with van der Waals surface area (Å²) in [7, 11) is 0. The lowest BCUT2D eigenvalue weighted by Gasteiger charge is -2.01. The number of nitrogens with zero attached hydrogens (tertiary/aromatic N) is 1. The van der Waals surface area contributed by atoms with Gasteiger partial charge in [-0.1, -0.05) is 25.4 Å². The van der Waals surface area contributed by atoms with Gasteiger partial charge in [0.2, 0.25) is 5.89 Å². The molecular formula is C14H16ClNOS. The number of aromatic nitrogens is 1. The van der Waals surface area contributed by atoms with Gasteiger partial charge in [-0.15, -0.1) is 0 Å². The molecule has 1 aromatic carbocycles. The van der Waals surface area contributed by atoms with Crippen LogP contribution in [0.15, 0.2) is 34.9 Å². The minimum atomic E-state index is 0.695. The van der Waals surface area contributed by atoms with Gasteiger partial charge in [-0.25, -0.2) is 4.98 Å². The second kappa shape index (κ2) is 6.30. The van der Waals surface area contributed by atoms with Crippen LogP contribution in [0, 0.1) is 5.92 Å². The van der Waals surface area contributed by atoms with E-state index in [0.29, 0.717) is 5.92 Å². The molecule has 0 aliphatic rings. The third kappa shape index (κ3) is 3.79. The smallest absolute Gasteiger partial charge is 0.204 e. The van der Waals surface area contributed by atoms with Crippen molar-refractivity contribution in [2.45, 2.75) is 19.6 Å². The molecule has 0 atom stereocenters. The molecular weight excluding hydrogens is 266 g/mol. The van der Waals surface area contributed by atoms with E-state index in [1.807, 2.05) is 36.0 Å². The maximum atomic E-state index is 5.85. The highest BCUT2D eigenvalue weighted by Crippen LogP contribution is 2.24. The van der Waals surface area contributed by atoms with E-state index in [9.17, 15) is 0 Å². The van der Waals surface area contributed by atoms with E-state index >= 15 is 0 Å². The topological polar surface area (TPSA) is 26.0 Å². The van der Waals surface area contributed by atoms with E-state index < -0.39 is 0 Å². The summed E-state index contributed by atoms with van der Waals surface area (Å²) < 4.78 is 5.72. The molecule has 0 amide bonds. The van der Waals surface area contributed by atoms with Crippen LogP contribution in [0.25, 0.3) is 11.3 Å². The number of oxazole rings is 1. The Hall–Kier alpha value is -0.930. The van der Waals surface area contributed by atoms with Crippen molar-refractivity contribution in [1.29, 1.82) is 0 Å². The molecule has 0 unspecified atom stereocenters. The van der Waals surface area contributed by atoms with E-state index in [1.165, 1.54) is 0 Å². The van der Waals surface area contributed by atoms with Crippen molar-refractivity contribution in [3.63, 3.8) is 0 Å². The molecule has 96 valence electrons. The van der Waals surface area contributed by atoms with Crippen LogP contribution in [0.1, 0.15) is 19.7 Å². The lowest BCUT2D eigenvalue weighted by molar-refractivity contribution is 0.530. The van der Waals surface area contributed by atoms with Crippen molar-refractivity contribution in [3.05, 3.63) is 41.4 Å². The summed E-state index contributed by atoms with van der Waals surface area (Å²) in [5.41, 5.74) is 1.01. The van der Waals surface area contributed by atoms with Gasteiger partial charge in [-0.2, -0.15) is 11.8 Å². The molecule has 0 bridgehead atoms. The highest BCUT2D eigenvalue weighted by atomic mass is 35.5. The molecule has 0 fully saturated rings. The number of rotatable bonds is 5. The zero-order chi connectivity index (χ0) is 13.0. The second-order valence-electron chi connectivity index (χ2n) is 4.53. The fraction of sp³-hybridized carbons (Fsp3) is 0.357. The van der Waals surface area contributed by atoms with Crippen molar-refractivity contribution in [2.75, 3.05) is 5.75 Å². The Kier molecular flexibility index (Phi) is 4.72. The van der Waals surface area contributed by atoms with Gasteiger partial charge in [-0.3, -0.25) is 0 Å². The highest BCUT2D eigenvalue weighted by molar-refractivity contribution is 7.98. The summed E-state index contributed by atoms with van der Waals surface area (Å²) in [5, 5.41) is 0.728. The van der Waals surface area contributed by atoms with Crippen LogP contribution in [0.3, 0.4) is 0 Å². The fourth-order valence-electron chi connectivity index (χ4n) is 1.51. The minimum absolute atomic E-state index is 0.695. The van der Waals surface area contributed by atoms with Gasteiger partial charge >= 0.3 is 0 Å². The Bertz CT molecular complexity index is 493. The molecule has 0 saturated carbocycles. The third-order valence-corrected chi connectivity index (χ3v) is 3.96. The Labute approximate surface area is 117 Å².